The minimum atomic E-state index is -0.528. The van der Waals surface area contributed by atoms with E-state index in [1.54, 1.807) is 18.3 Å². The Bertz CT molecular complexity index is 429. The van der Waals surface area contributed by atoms with Crippen molar-refractivity contribution < 1.29 is 14.3 Å². The summed E-state index contributed by atoms with van der Waals surface area (Å²) in [6.45, 7) is 0. The summed E-state index contributed by atoms with van der Waals surface area (Å²) in [5.74, 6) is -0.528. The van der Waals surface area contributed by atoms with Crippen LogP contribution in [-0.2, 0) is 0 Å². The van der Waals surface area contributed by atoms with Crippen molar-refractivity contribution in [1.29, 1.82) is 0 Å². The summed E-state index contributed by atoms with van der Waals surface area (Å²) < 4.78 is 5.58. The summed E-state index contributed by atoms with van der Waals surface area (Å²) in [5, 5.41) is 14.4. The van der Waals surface area contributed by atoms with Gasteiger partial charge < -0.3 is 9.63 Å². The van der Waals surface area contributed by atoms with E-state index in [0.717, 1.165) is 0 Å². The Morgan fingerprint density at radius 2 is 2.38 bits per heavy atom. The van der Waals surface area contributed by atoms with Crippen molar-refractivity contribution in [2.45, 2.75) is 0 Å². The Hall–Kier alpha value is -1.62. The Morgan fingerprint density at radius 3 is 3.00 bits per heavy atom. The topological polar surface area (TPSA) is 65.9 Å². The SMILES string of the molecule is [O-]c1c[n+](-c2cccnc2Cl)no1. The molecule has 6 heteroatoms. The molecule has 2 heterocycles. The molecule has 0 bridgehead atoms. The molecule has 0 N–H and O–H groups in total. The zero-order valence-corrected chi connectivity index (χ0v) is 7.10. The lowest BCUT2D eigenvalue weighted by Gasteiger charge is -1.89. The summed E-state index contributed by atoms with van der Waals surface area (Å²) in [6, 6.07) is 3.37. The lowest BCUT2D eigenvalue weighted by molar-refractivity contribution is -0.670. The molecule has 2 aromatic heterocycles. The molecule has 0 aromatic carbocycles. The molecule has 0 atom stereocenters. The van der Waals surface area contributed by atoms with Gasteiger partial charge in [-0.1, -0.05) is 11.6 Å². The summed E-state index contributed by atoms with van der Waals surface area (Å²) in [6.07, 6.45) is 2.73. The van der Waals surface area contributed by atoms with Gasteiger partial charge in [-0.3, -0.25) is 0 Å². The second-order valence-electron chi connectivity index (χ2n) is 2.28. The third kappa shape index (κ3) is 1.46. The molecule has 0 saturated carbocycles. The van der Waals surface area contributed by atoms with Crippen LogP contribution in [0.1, 0.15) is 0 Å². The van der Waals surface area contributed by atoms with Crippen molar-refractivity contribution in [3.63, 3.8) is 0 Å². The molecule has 0 fully saturated rings. The average Bonchev–Trinajstić information content (AvgIpc) is 2.53. The molecule has 0 aliphatic carbocycles. The van der Waals surface area contributed by atoms with Crippen LogP contribution >= 0.6 is 11.6 Å². The van der Waals surface area contributed by atoms with Gasteiger partial charge >= 0.3 is 0 Å². The number of hydrogen-bond acceptors (Lipinski definition) is 4. The predicted molar refractivity (Wildman–Crippen MR) is 40.3 cm³/mol. The van der Waals surface area contributed by atoms with E-state index >= 15 is 0 Å². The number of pyridine rings is 1. The summed E-state index contributed by atoms with van der Waals surface area (Å²) in [5.41, 5.74) is 0.509. The number of halogens is 1. The smallest absolute Gasteiger partial charge is 0.276 e. The van der Waals surface area contributed by atoms with E-state index in [2.05, 4.69) is 14.8 Å². The largest absolute Gasteiger partial charge is 0.539 e. The highest BCUT2D eigenvalue weighted by Gasteiger charge is 2.13. The predicted octanol–water partition coefficient (Wildman–Crippen LogP) is 0.0733. The van der Waals surface area contributed by atoms with Gasteiger partial charge in [0.05, 0.1) is 5.27 Å². The van der Waals surface area contributed by atoms with E-state index in [0.29, 0.717) is 5.69 Å². The monoisotopic (exact) mass is 197 g/mol. The van der Waals surface area contributed by atoms with E-state index in [1.165, 1.54) is 10.9 Å². The highest BCUT2D eigenvalue weighted by atomic mass is 35.5. The maximum Gasteiger partial charge on any atom is 0.276 e. The van der Waals surface area contributed by atoms with Gasteiger partial charge in [-0.15, -0.1) is 0 Å². The Labute approximate surface area is 78.2 Å². The fraction of sp³-hybridized carbons (Fsp3) is 0. The van der Waals surface area contributed by atoms with Gasteiger partial charge in [0.15, 0.2) is 0 Å². The Kier molecular flexibility index (Phi) is 1.86. The van der Waals surface area contributed by atoms with Gasteiger partial charge in [0, 0.05) is 12.3 Å². The minimum Gasteiger partial charge on any atom is -0.539 e. The van der Waals surface area contributed by atoms with Gasteiger partial charge in [-0.05, 0) is 10.7 Å². The average molecular weight is 198 g/mol. The molecule has 0 aliphatic rings. The number of rotatable bonds is 1. The van der Waals surface area contributed by atoms with Crippen molar-refractivity contribution in [2.75, 3.05) is 0 Å². The van der Waals surface area contributed by atoms with E-state index in [4.69, 9.17) is 11.6 Å². The number of hydrogen-bond donors (Lipinski definition) is 0. The van der Waals surface area contributed by atoms with Crippen molar-refractivity contribution in [1.82, 2.24) is 10.3 Å². The van der Waals surface area contributed by atoms with E-state index in [-0.39, 0.29) is 5.15 Å². The molecule has 2 aromatic rings. The molecule has 5 nitrogen and oxygen atoms in total. The maximum absolute atomic E-state index is 10.7. The Balaban J connectivity index is 2.52. The van der Waals surface area contributed by atoms with Gasteiger partial charge in [-0.25, -0.2) is 4.98 Å². The molecule has 0 spiro atoms. The molecule has 0 aliphatic heterocycles. The van der Waals surface area contributed by atoms with Gasteiger partial charge in [0.25, 0.3) is 5.69 Å². The van der Waals surface area contributed by atoms with Crippen LogP contribution in [0.2, 0.25) is 5.15 Å². The Morgan fingerprint density at radius 1 is 1.54 bits per heavy atom. The molecule has 0 saturated heterocycles. The molecule has 13 heavy (non-hydrogen) atoms. The molecule has 0 amide bonds. The molecule has 66 valence electrons. The highest BCUT2D eigenvalue weighted by Crippen LogP contribution is 2.10. The van der Waals surface area contributed by atoms with Crippen molar-refractivity contribution in [3.05, 3.63) is 29.7 Å². The third-order valence-electron chi connectivity index (χ3n) is 1.43. The molecule has 0 unspecified atom stereocenters. The third-order valence-corrected chi connectivity index (χ3v) is 1.72. The van der Waals surface area contributed by atoms with E-state index < -0.39 is 5.95 Å². The zero-order valence-electron chi connectivity index (χ0n) is 6.35. The molecule has 0 radical (unpaired) electrons. The summed E-state index contributed by atoms with van der Waals surface area (Å²) in [4.78, 5) is 3.83. The van der Waals surface area contributed by atoms with E-state index in [1.807, 2.05) is 0 Å². The lowest BCUT2D eigenvalue weighted by Crippen LogP contribution is -2.32. The van der Waals surface area contributed by atoms with Crippen LogP contribution in [0.4, 0.5) is 0 Å². The first-order valence-corrected chi connectivity index (χ1v) is 3.82. The fourth-order valence-corrected chi connectivity index (χ4v) is 1.10. The van der Waals surface area contributed by atoms with Gasteiger partial charge in [-0.2, -0.15) is 0 Å². The second kappa shape index (κ2) is 3.02. The highest BCUT2D eigenvalue weighted by molar-refractivity contribution is 6.30. The zero-order chi connectivity index (χ0) is 9.26. The number of aromatic nitrogens is 3. The molecule has 2 rings (SSSR count). The van der Waals surface area contributed by atoms with Crippen LogP contribution in [0, 0.1) is 0 Å². The normalized spacial score (nSPS) is 10.2. The van der Waals surface area contributed by atoms with Gasteiger partial charge in [0.2, 0.25) is 11.3 Å². The van der Waals surface area contributed by atoms with Crippen LogP contribution in [0.3, 0.4) is 0 Å². The van der Waals surface area contributed by atoms with Crippen molar-refractivity contribution in [3.8, 4) is 11.6 Å². The number of nitrogens with zero attached hydrogens (tertiary/aromatic N) is 3. The minimum absolute atomic E-state index is 0.265. The summed E-state index contributed by atoms with van der Waals surface area (Å²) >= 11 is 5.75. The van der Waals surface area contributed by atoms with Gasteiger partial charge in [0.1, 0.15) is 5.95 Å². The fourth-order valence-electron chi connectivity index (χ4n) is 0.893. The van der Waals surface area contributed by atoms with E-state index in [9.17, 15) is 5.11 Å². The summed E-state index contributed by atoms with van der Waals surface area (Å²) in [7, 11) is 0. The van der Waals surface area contributed by atoms with Crippen LogP contribution < -0.4 is 9.79 Å². The second-order valence-corrected chi connectivity index (χ2v) is 2.64. The van der Waals surface area contributed by atoms with Crippen LogP contribution in [0.5, 0.6) is 5.95 Å². The maximum atomic E-state index is 10.7. The first-order valence-electron chi connectivity index (χ1n) is 3.44. The first-order chi connectivity index (χ1) is 6.27. The molecular weight excluding hydrogens is 194 g/mol. The first kappa shape index (κ1) is 8.00. The van der Waals surface area contributed by atoms with Crippen LogP contribution in [0.15, 0.2) is 29.0 Å². The standard InChI is InChI=1S/C7H4ClN3O2/c8-7-5(2-1-3-9-7)11-4-6(12)13-10-11/h1-4H. The van der Waals surface area contributed by atoms with Crippen molar-refractivity contribution in [2.24, 2.45) is 0 Å². The van der Waals surface area contributed by atoms with Crippen LogP contribution in [-0.4, -0.2) is 10.3 Å². The molecular formula is C7H4ClN3O2. The quantitative estimate of drug-likeness (QED) is 0.480. The van der Waals surface area contributed by atoms with Crippen LogP contribution in [0.25, 0.3) is 5.69 Å². The van der Waals surface area contributed by atoms with Crippen molar-refractivity contribution >= 4 is 11.6 Å². The lowest BCUT2D eigenvalue weighted by atomic mass is 10.4.